The van der Waals surface area contributed by atoms with E-state index in [1.165, 1.54) is 22.3 Å². The van der Waals surface area contributed by atoms with E-state index in [9.17, 15) is 4.79 Å². The lowest BCUT2D eigenvalue weighted by Gasteiger charge is -2.09. The van der Waals surface area contributed by atoms with Crippen LogP contribution in [0.25, 0.3) is 0 Å². The molecular formula is C13H12O2. The fourth-order valence-electron chi connectivity index (χ4n) is 2.38. The Hall–Kier alpha value is -1.57. The molecule has 0 aliphatic heterocycles. The van der Waals surface area contributed by atoms with Gasteiger partial charge in [0.25, 0.3) is 0 Å². The van der Waals surface area contributed by atoms with E-state index in [1.54, 1.807) is 0 Å². The first kappa shape index (κ1) is 8.72. The largest absolute Gasteiger partial charge is 0.426 e. The van der Waals surface area contributed by atoms with E-state index >= 15 is 0 Å². The number of esters is 1. The molecule has 2 heteroatoms. The van der Waals surface area contributed by atoms with E-state index in [0.29, 0.717) is 6.42 Å². The highest BCUT2D eigenvalue weighted by Gasteiger charge is 2.33. The Morgan fingerprint density at radius 3 is 3.13 bits per heavy atom. The Bertz CT molecular complexity index is 473. The van der Waals surface area contributed by atoms with Gasteiger partial charge in [0.15, 0.2) is 0 Å². The van der Waals surface area contributed by atoms with Gasteiger partial charge < -0.3 is 4.74 Å². The lowest BCUT2D eigenvalue weighted by Crippen LogP contribution is -2.03. The number of ether oxygens (including phenoxy) is 1. The van der Waals surface area contributed by atoms with Crippen molar-refractivity contribution in [3.63, 3.8) is 0 Å². The van der Waals surface area contributed by atoms with Gasteiger partial charge in [-0.1, -0.05) is 19.1 Å². The van der Waals surface area contributed by atoms with E-state index in [4.69, 9.17) is 4.74 Å². The molecule has 0 N–H and O–H groups in total. The Labute approximate surface area is 88.6 Å². The van der Waals surface area contributed by atoms with E-state index in [-0.39, 0.29) is 5.97 Å². The summed E-state index contributed by atoms with van der Waals surface area (Å²) in [6.07, 6.45) is 8.74. The van der Waals surface area contributed by atoms with Crippen molar-refractivity contribution >= 4 is 5.97 Å². The summed E-state index contributed by atoms with van der Waals surface area (Å²) in [6.45, 7) is 1.82. The predicted molar refractivity (Wildman–Crippen MR) is 56.9 cm³/mol. The van der Waals surface area contributed by atoms with Gasteiger partial charge in [0.05, 0.1) is 0 Å². The van der Waals surface area contributed by atoms with Crippen LogP contribution in [0.15, 0.2) is 46.3 Å². The number of rotatable bonds is 2. The summed E-state index contributed by atoms with van der Waals surface area (Å²) in [6, 6.07) is 0. The van der Waals surface area contributed by atoms with Crippen molar-refractivity contribution in [1.29, 1.82) is 0 Å². The zero-order valence-corrected chi connectivity index (χ0v) is 8.67. The standard InChI is InChI=1S/C13H12O2/c1-2-13(14)15-12-7-8-6-11(12)10-5-3-4-9(8)10/h3-4,7H,2,5-6H2,1H3. The van der Waals surface area contributed by atoms with Gasteiger partial charge in [-0.2, -0.15) is 0 Å². The van der Waals surface area contributed by atoms with Crippen LogP contribution in [-0.4, -0.2) is 5.97 Å². The second-order valence-corrected chi connectivity index (χ2v) is 4.02. The molecule has 0 saturated carbocycles. The van der Waals surface area contributed by atoms with Crippen LogP contribution >= 0.6 is 0 Å². The summed E-state index contributed by atoms with van der Waals surface area (Å²) >= 11 is 0. The molecule has 2 bridgehead atoms. The molecule has 0 saturated heterocycles. The molecule has 0 aromatic carbocycles. The van der Waals surface area contributed by atoms with Crippen molar-refractivity contribution in [3.05, 3.63) is 46.3 Å². The van der Waals surface area contributed by atoms with Gasteiger partial charge in [0.1, 0.15) is 5.76 Å². The fraction of sp³-hybridized carbons (Fsp3) is 0.308. The number of carbonyl (C=O) groups excluding carboxylic acids is 1. The molecule has 0 radical (unpaired) electrons. The minimum Gasteiger partial charge on any atom is -0.426 e. The first-order chi connectivity index (χ1) is 7.29. The molecule has 0 atom stereocenters. The molecule has 2 nitrogen and oxygen atoms in total. The molecule has 0 spiro atoms. The third-order valence-electron chi connectivity index (χ3n) is 3.12. The topological polar surface area (TPSA) is 26.3 Å². The Morgan fingerprint density at radius 1 is 1.47 bits per heavy atom. The zero-order valence-electron chi connectivity index (χ0n) is 8.67. The predicted octanol–water partition coefficient (Wildman–Crippen LogP) is 2.79. The van der Waals surface area contributed by atoms with Crippen molar-refractivity contribution in [2.24, 2.45) is 0 Å². The number of hydrogen-bond donors (Lipinski definition) is 0. The molecular weight excluding hydrogens is 188 g/mol. The maximum Gasteiger partial charge on any atom is 0.310 e. The summed E-state index contributed by atoms with van der Waals surface area (Å²) < 4.78 is 5.30. The SMILES string of the molecule is CCC(=O)OC1=C2CC(=C1)C1=C2CC=C1. The van der Waals surface area contributed by atoms with Crippen LogP contribution in [0.1, 0.15) is 26.2 Å². The third kappa shape index (κ3) is 1.14. The van der Waals surface area contributed by atoms with Crippen molar-refractivity contribution in [2.75, 3.05) is 0 Å². The van der Waals surface area contributed by atoms with E-state index in [2.05, 4.69) is 12.2 Å². The maximum absolute atomic E-state index is 11.2. The van der Waals surface area contributed by atoms with E-state index < -0.39 is 0 Å². The Kier molecular flexibility index (Phi) is 1.72. The fourth-order valence-corrected chi connectivity index (χ4v) is 2.38. The number of carbonyl (C=O) groups is 1. The maximum atomic E-state index is 11.2. The van der Waals surface area contributed by atoms with Crippen LogP contribution in [0.5, 0.6) is 0 Å². The van der Waals surface area contributed by atoms with Gasteiger partial charge in [-0.05, 0) is 29.2 Å². The molecule has 0 heterocycles. The molecule has 76 valence electrons. The molecule has 0 amide bonds. The van der Waals surface area contributed by atoms with Gasteiger partial charge >= 0.3 is 5.97 Å². The normalized spacial score (nSPS) is 21.3. The zero-order chi connectivity index (χ0) is 10.4. The molecule has 3 aliphatic carbocycles. The monoisotopic (exact) mass is 200 g/mol. The lowest BCUT2D eigenvalue weighted by atomic mass is 10.1. The van der Waals surface area contributed by atoms with Crippen molar-refractivity contribution in [3.8, 4) is 0 Å². The Balaban J connectivity index is 1.93. The molecule has 0 aromatic heterocycles. The average Bonchev–Trinajstić information content (AvgIpc) is 2.87. The van der Waals surface area contributed by atoms with Gasteiger partial charge in [0, 0.05) is 18.4 Å². The molecule has 15 heavy (non-hydrogen) atoms. The van der Waals surface area contributed by atoms with Gasteiger partial charge in [-0.25, -0.2) is 0 Å². The first-order valence-corrected chi connectivity index (χ1v) is 5.34. The van der Waals surface area contributed by atoms with Crippen LogP contribution in [0.3, 0.4) is 0 Å². The summed E-state index contributed by atoms with van der Waals surface area (Å²) in [7, 11) is 0. The minimum absolute atomic E-state index is 0.144. The lowest BCUT2D eigenvalue weighted by molar-refractivity contribution is -0.138. The van der Waals surface area contributed by atoms with Crippen LogP contribution in [0, 0.1) is 0 Å². The molecule has 0 aromatic rings. The number of allylic oxidation sites excluding steroid dienone is 7. The first-order valence-electron chi connectivity index (χ1n) is 5.34. The summed E-state index contributed by atoms with van der Waals surface area (Å²) in [4.78, 5) is 11.2. The highest BCUT2D eigenvalue weighted by atomic mass is 16.5. The van der Waals surface area contributed by atoms with Crippen LogP contribution in [0.4, 0.5) is 0 Å². The second-order valence-electron chi connectivity index (χ2n) is 4.02. The number of fused-ring (bicyclic) bond motifs is 4. The van der Waals surface area contributed by atoms with Crippen LogP contribution in [-0.2, 0) is 9.53 Å². The third-order valence-corrected chi connectivity index (χ3v) is 3.12. The molecule has 3 rings (SSSR count). The quantitative estimate of drug-likeness (QED) is 0.641. The number of hydrogen-bond acceptors (Lipinski definition) is 2. The van der Waals surface area contributed by atoms with E-state index in [0.717, 1.165) is 18.6 Å². The van der Waals surface area contributed by atoms with E-state index in [1.807, 2.05) is 13.0 Å². The van der Waals surface area contributed by atoms with Gasteiger partial charge in [-0.15, -0.1) is 0 Å². The van der Waals surface area contributed by atoms with Crippen molar-refractivity contribution in [1.82, 2.24) is 0 Å². The highest BCUT2D eigenvalue weighted by molar-refractivity contribution is 5.75. The molecule has 3 aliphatic rings. The minimum atomic E-state index is -0.144. The molecule has 0 unspecified atom stereocenters. The van der Waals surface area contributed by atoms with Crippen LogP contribution in [0.2, 0.25) is 0 Å². The van der Waals surface area contributed by atoms with Gasteiger partial charge in [-0.3, -0.25) is 4.79 Å². The van der Waals surface area contributed by atoms with Crippen LogP contribution < -0.4 is 0 Å². The smallest absolute Gasteiger partial charge is 0.310 e. The molecule has 0 fully saturated rings. The van der Waals surface area contributed by atoms with Crippen molar-refractivity contribution in [2.45, 2.75) is 26.2 Å². The second kappa shape index (κ2) is 2.96. The van der Waals surface area contributed by atoms with Crippen molar-refractivity contribution < 1.29 is 9.53 Å². The Morgan fingerprint density at radius 2 is 2.33 bits per heavy atom. The summed E-state index contributed by atoms with van der Waals surface area (Å²) in [5, 5.41) is 0. The summed E-state index contributed by atoms with van der Waals surface area (Å²) in [5.74, 6) is 0.648. The van der Waals surface area contributed by atoms with Gasteiger partial charge in [0.2, 0.25) is 0 Å². The highest BCUT2D eigenvalue weighted by Crippen LogP contribution is 2.48. The summed E-state index contributed by atoms with van der Waals surface area (Å²) in [5.41, 5.74) is 5.27. The average molecular weight is 200 g/mol.